The molecule has 6 nitrogen and oxygen atoms in total. The summed E-state index contributed by atoms with van der Waals surface area (Å²) >= 11 is 0. The third kappa shape index (κ3) is 1.62. The minimum Gasteiger partial charge on any atom is -0.363 e. The molecule has 0 aliphatic heterocycles. The summed E-state index contributed by atoms with van der Waals surface area (Å²) in [7, 11) is -3.57. The van der Waals surface area contributed by atoms with Crippen molar-refractivity contribution in [3.63, 3.8) is 0 Å². The Bertz CT molecular complexity index is 486. The molecule has 7 heteroatoms. The molecule has 0 amide bonds. The lowest BCUT2D eigenvalue weighted by molar-refractivity contribution is 0.423. The normalized spacial score (nSPS) is 11.4. The molecule has 2 aromatic heterocycles. The highest BCUT2D eigenvalue weighted by Gasteiger charge is 2.15. The number of sulfonamides is 1. The first-order valence-electron chi connectivity index (χ1n) is 3.75. The Labute approximate surface area is 80.0 Å². The fourth-order valence-electron chi connectivity index (χ4n) is 0.939. The number of hydrogen-bond donors (Lipinski definition) is 2. The lowest BCUT2D eigenvalue weighted by Gasteiger charge is -2.00. The topological polar surface area (TPSA) is 88.0 Å². The summed E-state index contributed by atoms with van der Waals surface area (Å²) in [5.74, 6) is 0.152. The lowest BCUT2D eigenvalue weighted by atomic mass is 10.7. The van der Waals surface area contributed by atoms with Crippen LogP contribution in [0.1, 0.15) is 0 Å². The molecule has 0 fully saturated rings. The molecule has 0 bridgehead atoms. The van der Waals surface area contributed by atoms with Crippen LogP contribution >= 0.6 is 0 Å². The molecule has 2 heterocycles. The third-order valence-electron chi connectivity index (χ3n) is 1.54. The van der Waals surface area contributed by atoms with Crippen LogP contribution in [0.2, 0.25) is 0 Å². The van der Waals surface area contributed by atoms with Gasteiger partial charge in [0.05, 0.1) is 0 Å². The van der Waals surface area contributed by atoms with Crippen molar-refractivity contribution in [2.75, 3.05) is 4.72 Å². The number of rotatable bonds is 3. The second-order valence-electron chi connectivity index (χ2n) is 2.52. The van der Waals surface area contributed by atoms with Gasteiger partial charge in [0.25, 0.3) is 10.0 Å². The van der Waals surface area contributed by atoms with Crippen molar-refractivity contribution >= 4 is 15.8 Å². The number of hydrogen-bond acceptors (Lipinski definition) is 4. The second-order valence-corrected chi connectivity index (χ2v) is 4.18. The first kappa shape index (κ1) is 8.82. The maximum Gasteiger partial charge on any atom is 0.278 e. The van der Waals surface area contributed by atoms with Crippen LogP contribution in [-0.4, -0.2) is 18.6 Å². The zero-order chi connectivity index (χ0) is 10.0. The Morgan fingerprint density at radius 3 is 2.86 bits per heavy atom. The van der Waals surface area contributed by atoms with E-state index in [1.54, 1.807) is 6.07 Å². The van der Waals surface area contributed by atoms with E-state index >= 15 is 0 Å². The van der Waals surface area contributed by atoms with E-state index in [2.05, 4.69) is 19.4 Å². The van der Waals surface area contributed by atoms with Gasteiger partial charge in [-0.05, 0) is 12.1 Å². The molecule has 0 aliphatic rings. The molecule has 74 valence electrons. The highest BCUT2D eigenvalue weighted by Crippen LogP contribution is 2.11. The number of anilines is 1. The number of aromatic nitrogens is 2. The fraction of sp³-hybridized carbons (Fsp3) is 0. The number of nitrogens with one attached hydrogen (secondary N) is 2. The standard InChI is InChI=1S/C7H7N3O3S/c11-14(12,7-2-1-4-8-7)10-6-3-5-13-9-6/h1-5,8H,(H,9,10). The summed E-state index contributed by atoms with van der Waals surface area (Å²) in [4.78, 5) is 2.58. The summed E-state index contributed by atoms with van der Waals surface area (Å²) in [6.07, 6.45) is 2.81. The molecule has 0 spiro atoms. The second kappa shape index (κ2) is 3.18. The van der Waals surface area contributed by atoms with Crippen LogP contribution in [0.15, 0.2) is 40.2 Å². The van der Waals surface area contributed by atoms with E-state index < -0.39 is 10.0 Å². The first-order valence-corrected chi connectivity index (χ1v) is 5.23. The molecule has 0 saturated carbocycles. The van der Waals surface area contributed by atoms with Gasteiger partial charge in [-0.1, -0.05) is 5.16 Å². The molecular formula is C7H7N3O3S. The van der Waals surface area contributed by atoms with Gasteiger partial charge in [0, 0.05) is 12.3 Å². The number of aromatic amines is 1. The van der Waals surface area contributed by atoms with Crippen LogP contribution in [0, 0.1) is 0 Å². The zero-order valence-electron chi connectivity index (χ0n) is 6.97. The smallest absolute Gasteiger partial charge is 0.278 e. The van der Waals surface area contributed by atoms with Gasteiger partial charge in [-0.2, -0.15) is 8.42 Å². The van der Waals surface area contributed by atoms with E-state index in [1.165, 1.54) is 24.6 Å². The summed E-state index contributed by atoms with van der Waals surface area (Å²) in [5, 5.41) is 3.52. The van der Waals surface area contributed by atoms with Gasteiger partial charge in [-0.3, -0.25) is 4.72 Å². The van der Waals surface area contributed by atoms with Crippen LogP contribution < -0.4 is 4.72 Å². The Kier molecular flexibility index (Phi) is 2.01. The Hall–Kier alpha value is -1.76. The molecule has 14 heavy (non-hydrogen) atoms. The van der Waals surface area contributed by atoms with Crippen LogP contribution in [0.25, 0.3) is 0 Å². The third-order valence-corrected chi connectivity index (χ3v) is 2.85. The molecule has 2 rings (SSSR count). The van der Waals surface area contributed by atoms with Gasteiger partial charge in [0.1, 0.15) is 6.26 Å². The Morgan fingerprint density at radius 1 is 1.43 bits per heavy atom. The molecule has 0 radical (unpaired) electrons. The monoisotopic (exact) mass is 213 g/mol. The number of H-pyrrole nitrogens is 1. The van der Waals surface area contributed by atoms with E-state index in [1.807, 2.05) is 0 Å². The van der Waals surface area contributed by atoms with Gasteiger partial charge in [0.15, 0.2) is 10.8 Å². The van der Waals surface area contributed by atoms with Crippen molar-refractivity contribution in [2.24, 2.45) is 0 Å². The minimum atomic E-state index is -3.57. The Balaban J connectivity index is 2.27. The molecule has 0 atom stereocenters. The van der Waals surface area contributed by atoms with Crippen molar-refractivity contribution in [3.05, 3.63) is 30.7 Å². The average molecular weight is 213 g/mol. The largest absolute Gasteiger partial charge is 0.363 e. The van der Waals surface area contributed by atoms with E-state index in [4.69, 9.17) is 0 Å². The molecule has 0 unspecified atom stereocenters. The zero-order valence-corrected chi connectivity index (χ0v) is 7.78. The van der Waals surface area contributed by atoms with Gasteiger partial charge < -0.3 is 9.51 Å². The quantitative estimate of drug-likeness (QED) is 0.789. The van der Waals surface area contributed by atoms with Crippen LogP contribution in [0.4, 0.5) is 5.82 Å². The van der Waals surface area contributed by atoms with Gasteiger partial charge in [-0.25, -0.2) is 0 Å². The summed E-state index contributed by atoms with van der Waals surface area (Å²) in [6, 6.07) is 4.46. The number of nitrogens with zero attached hydrogens (tertiary/aromatic N) is 1. The van der Waals surface area contributed by atoms with Crippen molar-refractivity contribution in [1.82, 2.24) is 10.1 Å². The van der Waals surface area contributed by atoms with E-state index in [0.29, 0.717) is 0 Å². The van der Waals surface area contributed by atoms with Crippen molar-refractivity contribution < 1.29 is 12.9 Å². The van der Waals surface area contributed by atoms with Gasteiger partial charge >= 0.3 is 0 Å². The molecule has 0 aliphatic carbocycles. The molecule has 0 aromatic carbocycles. The van der Waals surface area contributed by atoms with Crippen LogP contribution in [0.5, 0.6) is 0 Å². The molecule has 2 N–H and O–H groups in total. The first-order chi connectivity index (χ1) is 6.68. The van der Waals surface area contributed by atoms with Gasteiger partial charge in [0.2, 0.25) is 0 Å². The maximum absolute atomic E-state index is 11.5. The van der Waals surface area contributed by atoms with Crippen molar-refractivity contribution in [1.29, 1.82) is 0 Å². The fourth-order valence-corrected chi connectivity index (χ4v) is 1.91. The lowest BCUT2D eigenvalue weighted by Crippen LogP contribution is -2.13. The van der Waals surface area contributed by atoms with Crippen molar-refractivity contribution in [2.45, 2.75) is 5.03 Å². The minimum absolute atomic E-state index is 0.0838. The summed E-state index contributed by atoms with van der Waals surface area (Å²) in [5.41, 5.74) is 0. The molecule has 2 aromatic rings. The highest BCUT2D eigenvalue weighted by atomic mass is 32.2. The Morgan fingerprint density at radius 2 is 2.29 bits per heavy atom. The summed E-state index contributed by atoms with van der Waals surface area (Å²) < 4.78 is 29.8. The highest BCUT2D eigenvalue weighted by molar-refractivity contribution is 7.92. The predicted molar refractivity (Wildman–Crippen MR) is 48.1 cm³/mol. The van der Waals surface area contributed by atoms with Crippen LogP contribution in [-0.2, 0) is 10.0 Å². The van der Waals surface area contributed by atoms with E-state index in [-0.39, 0.29) is 10.8 Å². The summed E-state index contributed by atoms with van der Waals surface area (Å²) in [6.45, 7) is 0. The van der Waals surface area contributed by atoms with E-state index in [9.17, 15) is 8.42 Å². The maximum atomic E-state index is 11.5. The van der Waals surface area contributed by atoms with E-state index in [0.717, 1.165) is 0 Å². The average Bonchev–Trinajstić information content (AvgIpc) is 2.71. The van der Waals surface area contributed by atoms with Crippen molar-refractivity contribution in [3.8, 4) is 0 Å². The SMILES string of the molecule is O=S(=O)(Nc1ccon1)c1ccc[nH]1. The molecule has 0 saturated heterocycles. The molecular weight excluding hydrogens is 206 g/mol. The van der Waals surface area contributed by atoms with Gasteiger partial charge in [-0.15, -0.1) is 0 Å². The predicted octanol–water partition coefficient (Wildman–Crippen LogP) is 0.803. The van der Waals surface area contributed by atoms with Crippen LogP contribution in [0.3, 0.4) is 0 Å².